The van der Waals surface area contributed by atoms with E-state index in [0.29, 0.717) is 17.5 Å². The third kappa shape index (κ3) is 4.16. The van der Waals surface area contributed by atoms with E-state index >= 15 is 0 Å². The van der Waals surface area contributed by atoms with Crippen molar-refractivity contribution in [3.05, 3.63) is 0 Å². The standard InChI is InChI=1S/C12H22N2O2S/c15-10-2-1-7-14(8-10)12(16)9-17-11-3-5-13-6-4-11/h10-11,13,15H,1-9H2. The molecule has 0 aliphatic carbocycles. The zero-order chi connectivity index (χ0) is 12.1. The van der Waals surface area contributed by atoms with Gasteiger partial charge in [0.25, 0.3) is 0 Å². The van der Waals surface area contributed by atoms with E-state index in [1.807, 2.05) is 4.90 Å². The van der Waals surface area contributed by atoms with Crippen LogP contribution in [0.3, 0.4) is 0 Å². The van der Waals surface area contributed by atoms with Crippen LogP contribution in [0.4, 0.5) is 0 Å². The van der Waals surface area contributed by atoms with Crippen molar-refractivity contribution in [1.29, 1.82) is 0 Å². The van der Waals surface area contributed by atoms with Crippen LogP contribution in [0.5, 0.6) is 0 Å². The number of amides is 1. The molecular weight excluding hydrogens is 236 g/mol. The van der Waals surface area contributed by atoms with Gasteiger partial charge in [0.1, 0.15) is 0 Å². The molecule has 98 valence electrons. The van der Waals surface area contributed by atoms with Gasteiger partial charge in [0.2, 0.25) is 5.91 Å². The highest BCUT2D eigenvalue weighted by molar-refractivity contribution is 8.00. The number of hydrogen-bond donors (Lipinski definition) is 2. The monoisotopic (exact) mass is 258 g/mol. The van der Waals surface area contributed by atoms with E-state index in [-0.39, 0.29) is 12.0 Å². The quantitative estimate of drug-likeness (QED) is 0.772. The molecule has 2 saturated heterocycles. The molecule has 2 fully saturated rings. The fraction of sp³-hybridized carbons (Fsp3) is 0.917. The van der Waals surface area contributed by atoms with Gasteiger partial charge in [-0.2, -0.15) is 0 Å². The predicted octanol–water partition coefficient (Wildman–Crippen LogP) is 0.455. The highest BCUT2D eigenvalue weighted by atomic mass is 32.2. The SMILES string of the molecule is O=C(CSC1CCNCC1)N1CCCC(O)C1. The van der Waals surface area contributed by atoms with E-state index in [2.05, 4.69) is 5.32 Å². The summed E-state index contributed by atoms with van der Waals surface area (Å²) in [6.45, 7) is 3.51. The number of rotatable bonds is 3. The van der Waals surface area contributed by atoms with Gasteiger partial charge < -0.3 is 15.3 Å². The van der Waals surface area contributed by atoms with E-state index in [1.165, 1.54) is 12.8 Å². The van der Waals surface area contributed by atoms with Crippen LogP contribution in [0.25, 0.3) is 0 Å². The van der Waals surface area contributed by atoms with Gasteiger partial charge in [-0.3, -0.25) is 4.79 Å². The molecule has 2 N–H and O–H groups in total. The lowest BCUT2D eigenvalue weighted by Crippen LogP contribution is -2.43. The van der Waals surface area contributed by atoms with Crippen LogP contribution in [0, 0.1) is 0 Å². The van der Waals surface area contributed by atoms with Crippen LogP contribution >= 0.6 is 11.8 Å². The molecule has 2 aliphatic heterocycles. The summed E-state index contributed by atoms with van der Waals surface area (Å²) in [7, 11) is 0. The second-order valence-corrected chi connectivity index (χ2v) is 6.18. The Balaban J connectivity index is 1.69. The molecule has 4 nitrogen and oxygen atoms in total. The lowest BCUT2D eigenvalue weighted by molar-refractivity contribution is -0.131. The minimum atomic E-state index is -0.309. The fourth-order valence-corrected chi connectivity index (χ4v) is 3.55. The summed E-state index contributed by atoms with van der Waals surface area (Å²) in [5.41, 5.74) is 0. The number of nitrogens with zero attached hydrogens (tertiary/aromatic N) is 1. The van der Waals surface area contributed by atoms with Crippen LogP contribution in [0.15, 0.2) is 0 Å². The molecule has 2 rings (SSSR count). The molecule has 0 radical (unpaired) electrons. The highest BCUT2D eigenvalue weighted by Crippen LogP contribution is 2.21. The maximum absolute atomic E-state index is 12.0. The third-order valence-electron chi connectivity index (χ3n) is 3.48. The topological polar surface area (TPSA) is 52.6 Å². The second-order valence-electron chi connectivity index (χ2n) is 4.90. The summed E-state index contributed by atoms with van der Waals surface area (Å²) in [5, 5.41) is 13.5. The fourth-order valence-electron chi connectivity index (χ4n) is 2.42. The Bertz CT molecular complexity index is 257. The first-order valence-corrected chi connectivity index (χ1v) is 7.59. The number of aliphatic hydroxyl groups is 1. The molecule has 0 aromatic carbocycles. The minimum absolute atomic E-state index is 0.201. The first-order chi connectivity index (χ1) is 8.25. The number of nitrogens with one attached hydrogen (secondary N) is 1. The van der Waals surface area contributed by atoms with Gasteiger partial charge in [-0.25, -0.2) is 0 Å². The van der Waals surface area contributed by atoms with Crippen LogP contribution < -0.4 is 5.32 Å². The molecule has 0 spiro atoms. The molecule has 0 aromatic heterocycles. The van der Waals surface area contributed by atoms with E-state index in [1.54, 1.807) is 11.8 Å². The Labute approximate surface area is 107 Å². The lowest BCUT2D eigenvalue weighted by Gasteiger charge is -2.30. The van der Waals surface area contributed by atoms with Gasteiger partial charge in [0, 0.05) is 18.3 Å². The normalized spacial score (nSPS) is 27.1. The van der Waals surface area contributed by atoms with Crippen molar-refractivity contribution in [1.82, 2.24) is 10.2 Å². The maximum atomic E-state index is 12.0. The van der Waals surface area contributed by atoms with Gasteiger partial charge >= 0.3 is 0 Å². The maximum Gasteiger partial charge on any atom is 0.232 e. The van der Waals surface area contributed by atoms with E-state index in [9.17, 15) is 9.90 Å². The lowest BCUT2D eigenvalue weighted by atomic mass is 10.1. The molecule has 2 heterocycles. The average Bonchev–Trinajstić information content (AvgIpc) is 2.37. The Kier molecular flexibility index (Phi) is 5.13. The van der Waals surface area contributed by atoms with Crippen molar-refractivity contribution in [2.24, 2.45) is 0 Å². The van der Waals surface area contributed by atoms with Crippen LogP contribution in [-0.2, 0) is 4.79 Å². The van der Waals surface area contributed by atoms with Crippen molar-refractivity contribution in [3.8, 4) is 0 Å². The first kappa shape index (κ1) is 13.2. The molecule has 17 heavy (non-hydrogen) atoms. The summed E-state index contributed by atoms with van der Waals surface area (Å²) in [6.07, 6.45) is 3.80. The summed E-state index contributed by atoms with van der Waals surface area (Å²) >= 11 is 1.79. The zero-order valence-electron chi connectivity index (χ0n) is 10.2. The molecule has 2 aliphatic rings. The Morgan fingerprint density at radius 1 is 1.35 bits per heavy atom. The number of carbonyl (C=O) groups is 1. The number of β-amino-alcohol motifs (C(OH)–C–C–N with tert-alkyl or cyclic N) is 1. The third-order valence-corrected chi connectivity index (χ3v) is 4.83. The molecule has 0 bridgehead atoms. The smallest absolute Gasteiger partial charge is 0.232 e. The number of piperidine rings is 2. The summed E-state index contributed by atoms with van der Waals surface area (Å²) in [5.74, 6) is 0.782. The van der Waals surface area contributed by atoms with Crippen molar-refractivity contribution in [3.63, 3.8) is 0 Å². The molecule has 5 heteroatoms. The van der Waals surface area contributed by atoms with Crippen LogP contribution in [0.1, 0.15) is 25.7 Å². The van der Waals surface area contributed by atoms with Gasteiger partial charge in [0.05, 0.1) is 11.9 Å². The molecule has 0 saturated carbocycles. The van der Waals surface area contributed by atoms with Crippen molar-refractivity contribution >= 4 is 17.7 Å². The summed E-state index contributed by atoms with van der Waals surface area (Å²) in [6, 6.07) is 0. The average molecular weight is 258 g/mol. The molecule has 0 aromatic rings. The van der Waals surface area contributed by atoms with Crippen LogP contribution in [0.2, 0.25) is 0 Å². The van der Waals surface area contributed by atoms with Crippen molar-refractivity contribution in [2.45, 2.75) is 37.0 Å². The van der Waals surface area contributed by atoms with Crippen molar-refractivity contribution in [2.75, 3.05) is 31.9 Å². The number of aliphatic hydroxyl groups excluding tert-OH is 1. The molecule has 1 amide bonds. The minimum Gasteiger partial charge on any atom is -0.391 e. The summed E-state index contributed by atoms with van der Waals surface area (Å²) < 4.78 is 0. The Hall–Kier alpha value is -0.260. The van der Waals surface area contributed by atoms with Gasteiger partial charge in [-0.05, 0) is 38.8 Å². The second kappa shape index (κ2) is 6.61. The van der Waals surface area contributed by atoms with E-state index in [0.717, 1.165) is 32.5 Å². The van der Waals surface area contributed by atoms with Gasteiger partial charge in [-0.1, -0.05) is 0 Å². The van der Waals surface area contributed by atoms with E-state index < -0.39 is 0 Å². The molecular formula is C12H22N2O2S. The molecule has 1 atom stereocenters. The molecule has 1 unspecified atom stereocenters. The largest absolute Gasteiger partial charge is 0.391 e. The number of likely N-dealkylation sites (tertiary alicyclic amines) is 1. The highest BCUT2D eigenvalue weighted by Gasteiger charge is 2.23. The summed E-state index contributed by atoms with van der Waals surface area (Å²) in [4.78, 5) is 13.8. The Morgan fingerprint density at radius 3 is 2.82 bits per heavy atom. The van der Waals surface area contributed by atoms with Gasteiger partial charge in [0.15, 0.2) is 0 Å². The van der Waals surface area contributed by atoms with E-state index in [4.69, 9.17) is 0 Å². The number of thioether (sulfide) groups is 1. The predicted molar refractivity (Wildman–Crippen MR) is 70.2 cm³/mol. The Morgan fingerprint density at radius 2 is 2.12 bits per heavy atom. The number of hydrogen-bond acceptors (Lipinski definition) is 4. The first-order valence-electron chi connectivity index (χ1n) is 6.54. The number of carbonyl (C=O) groups excluding carboxylic acids is 1. The van der Waals surface area contributed by atoms with Crippen molar-refractivity contribution < 1.29 is 9.90 Å². The zero-order valence-corrected chi connectivity index (χ0v) is 11.0. The van der Waals surface area contributed by atoms with Gasteiger partial charge in [-0.15, -0.1) is 11.8 Å². The van der Waals surface area contributed by atoms with Crippen LogP contribution in [-0.4, -0.2) is 59.2 Å².